The highest BCUT2D eigenvalue weighted by molar-refractivity contribution is 9.10. The topological polar surface area (TPSA) is 59.2 Å². The molecule has 4 aliphatic carbocycles. The summed E-state index contributed by atoms with van der Waals surface area (Å²) in [6.45, 7) is -0.161. The zero-order valence-electron chi connectivity index (χ0n) is 12.4. The Morgan fingerprint density at radius 1 is 1.27 bits per heavy atom. The summed E-state index contributed by atoms with van der Waals surface area (Å²) in [6, 6.07) is 3.47. The lowest BCUT2D eigenvalue weighted by Gasteiger charge is -2.58. The van der Waals surface area contributed by atoms with Crippen LogP contribution in [0, 0.1) is 17.3 Å². The van der Waals surface area contributed by atoms with E-state index in [1.54, 1.807) is 18.3 Å². The molecular weight excluding hydrogens is 346 g/mol. The molecule has 4 atom stereocenters. The molecule has 0 spiro atoms. The van der Waals surface area contributed by atoms with E-state index in [-0.39, 0.29) is 28.1 Å². The number of Topliss-reactive ketones (excluding diaryl/α,β-unsaturated/α-hetero) is 1. The number of hydrogen-bond acceptors (Lipinski definition) is 3. The molecule has 0 radical (unpaired) electrons. The third kappa shape index (κ3) is 2.34. The van der Waals surface area contributed by atoms with E-state index in [9.17, 15) is 9.59 Å². The largest absolute Gasteiger partial charge is 0.457 e. The molecule has 22 heavy (non-hydrogen) atoms. The minimum Gasteiger partial charge on any atom is -0.457 e. The van der Waals surface area contributed by atoms with E-state index >= 15 is 0 Å². The van der Waals surface area contributed by atoms with Crippen LogP contribution in [0.15, 0.2) is 18.3 Å². The Hall–Kier alpha value is -1.10. The van der Waals surface area contributed by atoms with Crippen LogP contribution in [0.3, 0.4) is 0 Å². The molecule has 4 nitrogen and oxygen atoms in total. The van der Waals surface area contributed by atoms with E-state index in [4.69, 9.17) is 4.74 Å². The van der Waals surface area contributed by atoms with Crippen molar-refractivity contribution in [2.75, 3.05) is 6.61 Å². The van der Waals surface area contributed by atoms with Gasteiger partial charge in [0.2, 0.25) is 5.78 Å². The molecule has 4 aliphatic rings. The van der Waals surface area contributed by atoms with Crippen LogP contribution in [-0.2, 0) is 9.53 Å². The summed E-state index contributed by atoms with van der Waals surface area (Å²) < 4.78 is 5.55. The monoisotopic (exact) mass is 365 g/mol. The summed E-state index contributed by atoms with van der Waals surface area (Å²) in [6.07, 6.45) is 8.05. The number of alkyl halides is 1. The van der Waals surface area contributed by atoms with Crippen molar-refractivity contribution in [2.45, 2.75) is 42.8 Å². The lowest BCUT2D eigenvalue weighted by molar-refractivity contribution is -0.168. The van der Waals surface area contributed by atoms with E-state index < -0.39 is 0 Å². The van der Waals surface area contributed by atoms with Crippen molar-refractivity contribution in [1.82, 2.24) is 4.98 Å². The van der Waals surface area contributed by atoms with Crippen LogP contribution in [0.4, 0.5) is 0 Å². The number of halogens is 1. The van der Waals surface area contributed by atoms with Crippen LogP contribution in [0.5, 0.6) is 0 Å². The van der Waals surface area contributed by atoms with Gasteiger partial charge in [0.25, 0.3) is 0 Å². The Kier molecular flexibility index (Phi) is 3.26. The van der Waals surface area contributed by atoms with Gasteiger partial charge in [-0.3, -0.25) is 9.59 Å². The van der Waals surface area contributed by atoms with Gasteiger partial charge in [-0.1, -0.05) is 15.9 Å². The molecule has 4 saturated carbocycles. The molecule has 118 valence electrons. The van der Waals surface area contributed by atoms with E-state index in [1.165, 1.54) is 19.3 Å². The highest BCUT2D eigenvalue weighted by atomic mass is 79.9. The lowest BCUT2D eigenvalue weighted by Crippen LogP contribution is -2.56. The Bertz CT molecular complexity index is 595. The number of esters is 1. The molecule has 1 aromatic rings. The summed E-state index contributed by atoms with van der Waals surface area (Å²) in [5.74, 6) is 0.932. The van der Waals surface area contributed by atoms with Crippen LogP contribution in [-0.4, -0.2) is 27.7 Å². The second kappa shape index (κ2) is 4.95. The first-order valence-corrected chi connectivity index (χ1v) is 8.80. The van der Waals surface area contributed by atoms with Crippen molar-refractivity contribution in [3.05, 3.63) is 24.0 Å². The molecular formula is C17H20BrNO3. The molecule has 1 heterocycles. The molecule has 0 amide bonds. The average Bonchev–Trinajstić information content (AvgIpc) is 2.95. The molecule has 4 fully saturated rings. The van der Waals surface area contributed by atoms with Gasteiger partial charge >= 0.3 is 5.97 Å². The van der Waals surface area contributed by atoms with Crippen molar-refractivity contribution in [3.63, 3.8) is 0 Å². The van der Waals surface area contributed by atoms with Crippen LogP contribution < -0.4 is 0 Å². The molecule has 2 unspecified atom stereocenters. The smallest absolute Gasteiger partial charge is 0.312 e. The number of carbonyl (C=O) groups is 2. The SMILES string of the molecule is O=C(COC(=O)C12C[C@@H]3C[C@@H](CC(Br)(C3)C1)C2)c1ccc[nH]1. The Balaban J connectivity index is 1.45. The molecule has 0 saturated heterocycles. The first-order chi connectivity index (χ1) is 10.5. The number of ether oxygens (including phenoxy) is 1. The van der Waals surface area contributed by atoms with Crippen LogP contribution in [0.25, 0.3) is 0 Å². The van der Waals surface area contributed by atoms with Crippen LogP contribution in [0.2, 0.25) is 0 Å². The predicted octanol–water partition coefficient (Wildman–Crippen LogP) is 3.47. The number of ketones is 1. The Morgan fingerprint density at radius 3 is 2.59 bits per heavy atom. The molecule has 1 aromatic heterocycles. The maximum atomic E-state index is 12.7. The summed E-state index contributed by atoms with van der Waals surface area (Å²) >= 11 is 3.89. The number of H-pyrrole nitrogens is 1. The third-order valence-electron chi connectivity index (χ3n) is 5.66. The van der Waals surface area contributed by atoms with E-state index in [1.807, 2.05) is 0 Å². The van der Waals surface area contributed by atoms with E-state index in [2.05, 4.69) is 20.9 Å². The minimum atomic E-state index is -0.358. The number of rotatable bonds is 4. The van der Waals surface area contributed by atoms with Crippen molar-refractivity contribution in [1.29, 1.82) is 0 Å². The molecule has 5 heteroatoms. The number of nitrogens with one attached hydrogen (secondary N) is 1. The molecule has 0 aliphatic heterocycles. The summed E-state index contributed by atoms with van der Waals surface area (Å²) in [5.41, 5.74) is 0.138. The predicted molar refractivity (Wildman–Crippen MR) is 84.9 cm³/mol. The minimum absolute atomic E-state index is 0.125. The van der Waals surface area contributed by atoms with Gasteiger partial charge in [0.05, 0.1) is 11.1 Å². The van der Waals surface area contributed by atoms with Crippen LogP contribution in [0.1, 0.15) is 49.0 Å². The van der Waals surface area contributed by atoms with Crippen molar-refractivity contribution < 1.29 is 14.3 Å². The molecule has 0 aromatic carbocycles. The van der Waals surface area contributed by atoms with Gasteiger partial charge in [0.15, 0.2) is 6.61 Å². The van der Waals surface area contributed by atoms with Crippen molar-refractivity contribution in [3.8, 4) is 0 Å². The standard InChI is InChI=1S/C17H20BrNO3/c18-17-7-11-4-12(8-17)6-16(5-11,10-17)15(21)22-9-14(20)13-2-1-3-19-13/h1-3,11-12,19H,4-10H2/t11-,12+,16?,17?. The average molecular weight is 366 g/mol. The number of aromatic nitrogens is 1. The lowest BCUT2D eigenvalue weighted by atomic mass is 9.49. The van der Waals surface area contributed by atoms with Gasteiger partial charge in [-0.05, 0) is 62.5 Å². The Morgan fingerprint density at radius 2 is 2.00 bits per heavy atom. The van der Waals surface area contributed by atoms with Crippen LogP contribution >= 0.6 is 15.9 Å². The maximum absolute atomic E-state index is 12.7. The van der Waals surface area contributed by atoms with Crippen molar-refractivity contribution in [2.24, 2.45) is 17.3 Å². The van der Waals surface area contributed by atoms with E-state index in [0.717, 1.165) is 19.3 Å². The fraction of sp³-hybridized carbons (Fsp3) is 0.647. The summed E-state index contributed by atoms with van der Waals surface area (Å²) in [4.78, 5) is 27.5. The van der Waals surface area contributed by atoms with Gasteiger partial charge in [0, 0.05) is 10.5 Å². The third-order valence-corrected chi connectivity index (χ3v) is 6.58. The first kappa shape index (κ1) is 14.5. The fourth-order valence-corrected chi connectivity index (χ4v) is 6.71. The molecule has 4 bridgehead atoms. The van der Waals surface area contributed by atoms with Gasteiger partial charge in [0.1, 0.15) is 0 Å². The molecule has 5 rings (SSSR count). The highest BCUT2D eigenvalue weighted by Crippen LogP contribution is 2.64. The zero-order chi connectivity index (χ0) is 15.4. The summed E-state index contributed by atoms with van der Waals surface area (Å²) in [5, 5.41) is 0. The maximum Gasteiger partial charge on any atom is 0.312 e. The normalized spacial score (nSPS) is 39.0. The quantitative estimate of drug-likeness (QED) is 0.504. The zero-order valence-corrected chi connectivity index (χ0v) is 14.0. The van der Waals surface area contributed by atoms with Gasteiger partial charge < -0.3 is 9.72 Å². The van der Waals surface area contributed by atoms with Crippen molar-refractivity contribution >= 4 is 27.7 Å². The fourth-order valence-electron chi connectivity index (χ4n) is 5.26. The second-order valence-corrected chi connectivity index (χ2v) is 9.16. The summed E-state index contributed by atoms with van der Waals surface area (Å²) in [7, 11) is 0. The number of carbonyl (C=O) groups excluding carboxylic acids is 2. The van der Waals surface area contributed by atoms with Gasteiger partial charge in [-0.15, -0.1) is 0 Å². The number of aromatic amines is 1. The Labute approximate surface area is 138 Å². The second-order valence-electron chi connectivity index (χ2n) is 7.48. The van der Waals surface area contributed by atoms with Gasteiger partial charge in [-0.25, -0.2) is 0 Å². The van der Waals surface area contributed by atoms with E-state index in [0.29, 0.717) is 17.5 Å². The molecule has 1 N–H and O–H groups in total. The highest BCUT2D eigenvalue weighted by Gasteiger charge is 2.60. The van der Waals surface area contributed by atoms with Gasteiger partial charge in [-0.2, -0.15) is 0 Å². The number of hydrogen-bond donors (Lipinski definition) is 1. The first-order valence-electron chi connectivity index (χ1n) is 8.01.